The minimum Gasteiger partial charge on any atom is -0.469 e. The zero-order valence-electron chi connectivity index (χ0n) is 11.5. The number of nitrogens with one attached hydrogen (secondary N) is 2. The van der Waals surface area contributed by atoms with Crippen LogP contribution >= 0.6 is 0 Å². The maximum absolute atomic E-state index is 11.5. The normalized spacial score (nSPS) is 12.7. The Kier molecular flexibility index (Phi) is 6.50. The van der Waals surface area contributed by atoms with Crippen molar-refractivity contribution in [3.63, 3.8) is 0 Å². The van der Waals surface area contributed by atoms with Crippen LogP contribution < -0.4 is 10.6 Å². The van der Waals surface area contributed by atoms with Gasteiger partial charge in [-0.2, -0.15) is 0 Å². The third-order valence-electron chi connectivity index (χ3n) is 2.74. The van der Waals surface area contributed by atoms with Gasteiger partial charge >= 0.3 is 0 Å². The molecule has 4 heteroatoms. The Hall–Kier alpha value is -1.29. The van der Waals surface area contributed by atoms with E-state index in [4.69, 9.17) is 4.42 Å². The van der Waals surface area contributed by atoms with Crippen LogP contribution in [0.2, 0.25) is 0 Å². The SMILES string of the molecule is CC(C)CCNC(=O)CNC(C)Cc1ccco1. The summed E-state index contributed by atoms with van der Waals surface area (Å²) in [4.78, 5) is 11.5. The van der Waals surface area contributed by atoms with Crippen molar-refractivity contribution in [2.45, 2.75) is 39.7 Å². The number of carbonyl (C=O) groups excluding carboxylic acids is 1. The highest BCUT2D eigenvalue weighted by Gasteiger charge is 2.07. The molecule has 1 rings (SSSR count). The number of rotatable bonds is 8. The van der Waals surface area contributed by atoms with Gasteiger partial charge in [0.15, 0.2) is 0 Å². The predicted molar refractivity (Wildman–Crippen MR) is 72.3 cm³/mol. The molecule has 1 aromatic rings. The Bertz CT molecular complexity index is 334. The maximum Gasteiger partial charge on any atom is 0.233 e. The summed E-state index contributed by atoms with van der Waals surface area (Å²) in [5.74, 6) is 1.62. The van der Waals surface area contributed by atoms with Crippen molar-refractivity contribution in [1.29, 1.82) is 0 Å². The quantitative estimate of drug-likeness (QED) is 0.743. The average Bonchev–Trinajstić information content (AvgIpc) is 2.78. The number of amides is 1. The molecule has 0 saturated heterocycles. The standard InChI is InChI=1S/C14H24N2O2/c1-11(2)6-7-15-14(17)10-16-12(3)9-13-5-4-8-18-13/h4-5,8,11-12,16H,6-7,9-10H2,1-3H3,(H,15,17). The third kappa shape index (κ3) is 6.45. The summed E-state index contributed by atoms with van der Waals surface area (Å²) in [6, 6.07) is 4.05. The van der Waals surface area contributed by atoms with Crippen molar-refractivity contribution in [3.8, 4) is 0 Å². The highest BCUT2D eigenvalue weighted by molar-refractivity contribution is 5.77. The Balaban J connectivity index is 2.10. The first-order chi connectivity index (χ1) is 8.58. The van der Waals surface area contributed by atoms with Crippen LogP contribution in [0.5, 0.6) is 0 Å². The number of hydrogen-bond acceptors (Lipinski definition) is 3. The molecule has 0 fully saturated rings. The smallest absolute Gasteiger partial charge is 0.233 e. The first-order valence-corrected chi connectivity index (χ1v) is 6.60. The van der Waals surface area contributed by atoms with Crippen LogP contribution in [-0.2, 0) is 11.2 Å². The molecule has 2 N–H and O–H groups in total. The van der Waals surface area contributed by atoms with E-state index in [1.807, 2.05) is 19.1 Å². The lowest BCUT2D eigenvalue weighted by molar-refractivity contribution is -0.120. The summed E-state index contributed by atoms with van der Waals surface area (Å²) in [5.41, 5.74) is 0. The Labute approximate surface area is 109 Å². The highest BCUT2D eigenvalue weighted by Crippen LogP contribution is 2.03. The summed E-state index contributed by atoms with van der Waals surface area (Å²) in [7, 11) is 0. The van der Waals surface area contributed by atoms with Crippen LogP contribution in [0.4, 0.5) is 0 Å². The molecule has 1 heterocycles. The van der Waals surface area contributed by atoms with Gasteiger partial charge in [-0.25, -0.2) is 0 Å². The van der Waals surface area contributed by atoms with Gasteiger partial charge in [-0.15, -0.1) is 0 Å². The van der Waals surface area contributed by atoms with Crippen molar-refractivity contribution < 1.29 is 9.21 Å². The molecule has 0 radical (unpaired) electrons. The fourth-order valence-corrected chi connectivity index (χ4v) is 1.63. The van der Waals surface area contributed by atoms with Crippen LogP contribution in [0.3, 0.4) is 0 Å². The van der Waals surface area contributed by atoms with Crippen molar-refractivity contribution in [3.05, 3.63) is 24.2 Å². The Morgan fingerprint density at radius 1 is 1.39 bits per heavy atom. The van der Waals surface area contributed by atoms with Gasteiger partial charge in [-0.05, 0) is 31.4 Å². The van der Waals surface area contributed by atoms with Gasteiger partial charge in [0.05, 0.1) is 12.8 Å². The molecule has 0 aliphatic rings. The first-order valence-electron chi connectivity index (χ1n) is 6.60. The zero-order valence-corrected chi connectivity index (χ0v) is 11.5. The molecule has 0 aliphatic heterocycles. The lowest BCUT2D eigenvalue weighted by Crippen LogP contribution is -2.39. The lowest BCUT2D eigenvalue weighted by atomic mass is 10.1. The maximum atomic E-state index is 11.5. The minimum absolute atomic E-state index is 0.0574. The fraction of sp³-hybridized carbons (Fsp3) is 0.643. The summed E-state index contributed by atoms with van der Waals surface area (Å²) in [6.45, 7) is 7.46. The van der Waals surface area contributed by atoms with E-state index in [1.54, 1.807) is 6.26 Å². The van der Waals surface area contributed by atoms with E-state index in [2.05, 4.69) is 24.5 Å². The molecule has 102 valence electrons. The van der Waals surface area contributed by atoms with Gasteiger partial charge in [-0.3, -0.25) is 4.79 Å². The molecular weight excluding hydrogens is 228 g/mol. The van der Waals surface area contributed by atoms with Crippen LogP contribution in [0.15, 0.2) is 22.8 Å². The number of carbonyl (C=O) groups is 1. The Morgan fingerprint density at radius 3 is 2.78 bits per heavy atom. The van der Waals surface area contributed by atoms with Crippen LogP contribution in [0.1, 0.15) is 33.0 Å². The third-order valence-corrected chi connectivity index (χ3v) is 2.74. The van der Waals surface area contributed by atoms with E-state index in [0.29, 0.717) is 12.5 Å². The van der Waals surface area contributed by atoms with Crippen LogP contribution in [0.25, 0.3) is 0 Å². The zero-order chi connectivity index (χ0) is 13.4. The molecule has 1 atom stereocenters. The molecule has 1 aromatic heterocycles. The molecular formula is C14H24N2O2. The summed E-state index contributed by atoms with van der Waals surface area (Å²) >= 11 is 0. The summed E-state index contributed by atoms with van der Waals surface area (Å²) in [5, 5.41) is 6.09. The number of furan rings is 1. The van der Waals surface area contributed by atoms with Crippen molar-refractivity contribution >= 4 is 5.91 Å². The minimum atomic E-state index is 0.0574. The molecule has 0 bridgehead atoms. The predicted octanol–water partition coefficient (Wildman–Crippen LogP) is 1.96. The molecule has 1 unspecified atom stereocenters. The number of hydrogen-bond donors (Lipinski definition) is 2. The molecule has 0 aromatic carbocycles. The van der Waals surface area contributed by atoms with Gasteiger partial charge in [-0.1, -0.05) is 13.8 Å². The van der Waals surface area contributed by atoms with Crippen LogP contribution in [0, 0.1) is 5.92 Å². The van der Waals surface area contributed by atoms with E-state index in [-0.39, 0.29) is 11.9 Å². The molecule has 1 amide bonds. The molecule has 0 saturated carbocycles. The average molecular weight is 252 g/mol. The summed E-state index contributed by atoms with van der Waals surface area (Å²) < 4.78 is 5.26. The molecule has 18 heavy (non-hydrogen) atoms. The molecule has 4 nitrogen and oxygen atoms in total. The lowest BCUT2D eigenvalue weighted by Gasteiger charge is -2.12. The second kappa shape index (κ2) is 7.93. The van der Waals surface area contributed by atoms with Gasteiger partial charge in [0.2, 0.25) is 5.91 Å². The second-order valence-corrected chi connectivity index (χ2v) is 5.10. The highest BCUT2D eigenvalue weighted by atomic mass is 16.3. The van der Waals surface area contributed by atoms with Crippen molar-refractivity contribution in [1.82, 2.24) is 10.6 Å². The largest absolute Gasteiger partial charge is 0.469 e. The summed E-state index contributed by atoms with van der Waals surface area (Å²) in [6.07, 6.45) is 3.49. The van der Waals surface area contributed by atoms with Gasteiger partial charge in [0.25, 0.3) is 0 Å². The van der Waals surface area contributed by atoms with Crippen LogP contribution in [-0.4, -0.2) is 25.0 Å². The van der Waals surface area contributed by atoms with Gasteiger partial charge < -0.3 is 15.1 Å². The second-order valence-electron chi connectivity index (χ2n) is 5.10. The van der Waals surface area contributed by atoms with E-state index in [9.17, 15) is 4.79 Å². The van der Waals surface area contributed by atoms with Gasteiger partial charge in [0, 0.05) is 19.0 Å². The van der Waals surface area contributed by atoms with E-state index >= 15 is 0 Å². The fourth-order valence-electron chi connectivity index (χ4n) is 1.63. The molecule has 0 spiro atoms. The van der Waals surface area contributed by atoms with Crippen molar-refractivity contribution in [2.75, 3.05) is 13.1 Å². The van der Waals surface area contributed by atoms with E-state index in [0.717, 1.165) is 25.1 Å². The van der Waals surface area contributed by atoms with E-state index in [1.165, 1.54) is 0 Å². The monoisotopic (exact) mass is 252 g/mol. The van der Waals surface area contributed by atoms with E-state index < -0.39 is 0 Å². The van der Waals surface area contributed by atoms with Crippen molar-refractivity contribution in [2.24, 2.45) is 5.92 Å². The molecule has 0 aliphatic carbocycles. The Morgan fingerprint density at radius 2 is 2.17 bits per heavy atom. The first kappa shape index (κ1) is 14.8. The topological polar surface area (TPSA) is 54.3 Å². The van der Waals surface area contributed by atoms with Gasteiger partial charge in [0.1, 0.15) is 5.76 Å².